The summed E-state index contributed by atoms with van der Waals surface area (Å²) in [6, 6.07) is 19.2. The van der Waals surface area contributed by atoms with E-state index in [4.69, 9.17) is 9.72 Å². The Labute approximate surface area is 182 Å². The van der Waals surface area contributed by atoms with Crippen LogP contribution >= 0.6 is 43.2 Å². The summed E-state index contributed by atoms with van der Waals surface area (Å²) in [6.45, 7) is 0. The number of hydrogen-bond acceptors (Lipinski definition) is 4. The molecule has 1 heterocycles. The van der Waals surface area contributed by atoms with Crippen molar-refractivity contribution in [3.8, 4) is 16.3 Å². The number of carbonyl (C=O) groups excluding carboxylic acids is 1. The number of ether oxygens (including phenoxy) is 1. The van der Waals surface area contributed by atoms with Gasteiger partial charge in [0, 0.05) is 10.0 Å². The van der Waals surface area contributed by atoms with Gasteiger partial charge in [0.2, 0.25) is 0 Å². The number of aromatic nitrogens is 1. The van der Waals surface area contributed by atoms with Crippen LogP contribution in [0.5, 0.6) is 5.75 Å². The van der Waals surface area contributed by atoms with Crippen LogP contribution in [0.1, 0.15) is 10.4 Å². The normalized spacial score (nSPS) is 10.8. The molecular weight excluding hydrogens is 504 g/mol. The number of nitrogens with one attached hydrogen (secondary N) is 1. The van der Waals surface area contributed by atoms with Gasteiger partial charge in [-0.25, -0.2) is 4.98 Å². The van der Waals surface area contributed by atoms with Crippen molar-refractivity contribution in [1.29, 1.82) is 0 Å². The summed E-state index contributed by atoms with van der Waals surface area (Å²) in [7, 11) is 1.54. The lowest BCUT2D eigenvalue weighted by Crippen LogP contribution is -2.14. The molecule has 0 bridgehead atoms. The molecule has 140 valence electrons. The molecule has 4 nitrogen and oxygen atoms in total. The van der Waals surface area contributed by atoms with E-state index in [9.17, 15) is 4.79 Å². The highest BCUT2D eigenvalue weighted by Crippen LogP contribution is 2.36. The summed E-state index contributed by atoms with van der Waals surface area (Å²) in [4.78, 5) is 17.7. The van der Waals surface area contributed by atoms with Crippen LogP contribution in [-0.4, -0.2) is 18.0 Å². The molecule has 28 heavy (non-hydrogen) atoms. The van der Waals surface area contributed by atoms with Crippen LogP contribution in [0.3, 0.4) is 0 Å². The highest BCUT2D eigenvalue weighted by Gasteiger charge is 2.18. The number of thiazole rings is 1. The molecule has 4 aromatic rings. The van der Waals surface area contributed by atoms with Gasteiger partial charge in [-0.1, -0.05) is 40.2 Å². The Hall–Kier alpha value is -2.22. The molecule has 4 rings (SSSR count). The number of anilines is 1. The Morgan fingerprint density at radius 2 is 1.82 bits per heavy atom. The zero-order valence-electron chi connectivity index (χ0n) is 14.7. The van der Waals surface area contributed by atoms with E-state index in [0.717, 1.165) is 25.3 Å². The molecule has 1 amide bonds. The van der Waals surface area contributed by atoms with Crippen LogP contribution in [0.2, 0.25) is 0 Å². The topological polar surface area (TPSA) is 51.2 Å². The molecule has 1 aromatic heterocycles. The standard InChI is InChI=1S/C21H14Br2N2O2S/c1-27-19-14(10-12(22)11-15(19)23)20(26)24-16-7-3-2-6-13(16)21-25-17-8-4-5-9-18(17)28-21/h2-11H,1H3,(H,24,26). The van der Waals surface area contributed by atoms with Crippen molar-refractivity contribution in [3.05, 3.63) is 75.2 Å². The fourth-order valence-corrected chi connectivity index (χ4v) is 5.28. The van der Waals surface area contributed by atoms with Gasteiger partial charge in [0.15, 0.2) is 0 Å². The van der Waals surface area contributed by atoms with Crippen molar-refractivity contribution in [1.82, 2.24) is 4.98 Å². The summed E-state index contributed by atoms with van der Waals surface area (Å²) in [5.74, 6) is 0.227. The average Bonchev–Trinajstić information content (AvgIpc) is 3.12. The van der Waals surface area contributed by atoms with Gasteiger partial charge in [0.1, 0.15) is 10.8 Å². The summed E-state index contributed by atoms with van der Waals surface area (Å²) in [5.41, 5.74) is 2.96. The smallest absolute Gasteiger partial charge is 0.259 e. The molecule has 7 heteroatoms. The maximum absolute atomic E-state index is 13.0. The molecule has 0 aliphatic heterocycles. The van der Waals surface area contributed by atoms with Crippen molar-refractivity contribution in [2.24, 2.45) is 0 Å². The number of para-hydroxylation sites is 2. The molecule has 0 radical (unpaired) electrons. The molecule has 0 spiro atoms. The van der Waals surface area contributed by atoms with Crippen LogP contribution in [-0.2, 0) is 0 Å². The summed E-state index contributed by atoms with van der Waals surface area (Å²) < 4.78 is 8.00. The number of rotatable bonds is 4. The minimum absolute atomic E-state index is 0.257. The maximum atomic E-state index is 13.0. The van der Waals surface area contributed by atoms with Gasteiger partial charge < -0.3 is 10.1 Å². The average molecular weight is 518 g/mol. The molecule has 0 aliphatic carbocycles. The fourth-order valence-electron chi connectivity index (χ4n) is 2.89. The zero-order chi connectivity index (χ0) is 19.7. The molecule has 3 aromatic carbocycles. The lowest BCUT2D eigenvalue weighted by Gasteiger charge is -2.13. The summed E-state index contributed by atoms with van der Waals surface area (Å²) >= 11 is 8.46. The highest BCUT2D eigenvalue weighted by atomic mass is 79.9. The van der Waals surface area contributed by atoms with Crippen LogP contribution < -0.4 is 10.1 Å². The largest absolute Gasteiger partial charge is 0.495 e. The van der Waals surface area contributed by atoms with Gasteiger partial charge in [0.25, 0.3) is 5.91 Å². The molecule has 0 unspecified atom stereocenters. The molecule has 1 N–H and O–H groups in total. The Kier molecular flexibility index (Phi) is 5.48. The van der Waals surface area contributed by atoms with Crippen molar-refractivity contribution >= 4 is 65.0 Å². The van der Waals surface area contributed by atoms with E-state index in [1.165, 1.54) is 0 Å². The van der Waals surface area contributed by atoms with E-state index >= 15 is 0 Å². The van der Waals surface area contributed by atoms with E-state index in [2.05, 4.69) is 37.2 Å². The molecule has 0 fully saturated rings. The van der Waals surface area contributed by atoms with Crippen molar-refractivity contribution in [2.75, 3.05) is 12.4 Å². The molecular formula is C21H14Br2N2O2S. The molecule has 0 atom stereocenters. The van der Waals surface area contributed by atoms with Gasteiger partial charge in [-0.05, 0) is 52.3 Å². The Bertz CT molecular complexity index is 1160. The number of halogens is 2. The van der Waals surface area contributed by atoms with Crippen LogP contribution in [0.25, 0.3) is 20.8 Å². The predicted molar refractivity (Wildman–Crippen MR) is 121 cm³/mol. The second-order valence-electron chi connectivity index (χ2n) is 5.95. The van der Waals surface area contributed by atoms with Crippen molar-refractivity contribution in [3.63, 3.8) is 0 Å². The minimum Gasteiger partial charge on any atom is -0.495 e. The third kappa shape index (κ3) is 3.70. The zero-order valence-corrected chi connectivity index (χ0v) is 18.7. The van der Waals surface area contributed by atoms with Gasteiger partial charge in [-0.2, -0.15) is 0 Å². The number of nitrogens with zero attached hydrogens (tertiary/aromatic N) is 1. The van der Waals surface area contributed by atoms with Gasteiger partial charge in [-0.15, -0.1) is 11.3 Å². The minimum atomic E-state index is -0.257. The molecule has 0 saturated carbocycles. The first kappa shape index (κ1) is 19.1. The summed E-state index contributed by atoms with van der Waals surface area (Å²) in [6.07, 6.45) is 0. The van der Waals surface area contributed by atoms with E-state index in [1.807, 2.05) is 54.6 Å². The van der Waals surface area contributed by atoms with Crippen LogP contribution in [0, 0.1) is 0 Å². The second kappa shape index (κ2) is 8.03. The third-order valence-electron chi connectivity index (χ3n) is 4.16. The third-order valence-corrected chi connectivity index (χ3v) is 6.27. The molecule has 0 aliphatic rings. The Balaban J connectivity index is 1.73. The van der Waals surface area contributed by atoms with Crippen LogP contribution in [0.15, 0.2) is 69.6 Å². The number of fused-ring (bicyclic) bond motifs is 1. The predicted octanol–water partition coefficient (Wildman–Crippen LogP) is 6.75. The van der Waals surface area contributed by atoms with Crippen molar-refractivity contribution in [2.45, 2.75) is 0 Å². The first-order valence-corrected chi connectivity index (χ1v) is 10.8. The van der Waals surface area contributed by atoms with Gasteiger partial charge >= 0.3 is 0 Å². The monoisotopic (exact) mass is 516 g/mol. The fraction of sp³-hybridized carbons (Fsp3) is 0.0476. The van der Waals surface area contributed by atoms with E-state index in [0.29, 0.717) is 21.5 Å². The number of benzene rings is 3. The van der Waals surface area contributed by atoms with Gasteiger partial charge in [-0.3, -0.25) is 4.79 Å². The highest BCUT2D eigenvalue weighted by molar-refractivity contribution is 9.11. The first-order chi connectivity index (χ1) is 13.6. The van der Waals surface area contributed by atoms with E-state index in [-0.39, 0.29) is 5.91 Å². The maximum Gasteiger partial charge on any atom is 0.259 e. The van der Waals surface area contributed by atoms with E-state index in [1.54, 1.807) is 24.5 Å². The first-order valence-electron chi connectivity index (χ1n) is 8.36. The quantitative estimate of drug-likeness (QED) is 0.325. The van der Waals surface area contributed by atoms with Crippen LogP contribution in [0.4, 0.5) is 5.69 Å². The number of hydrogen-bond donors (Lipinski definition) is 1. The number of methoxy groups -OCH3 is 1. The Morgan fingerprint density at radius 3 is 2.61 bits per heavy atom. The molecule has 0 saturated heterocycles. The van der Waals surface area contributed by atoms with Crippen molar-refractivity contribution < 1.29 is 9.53 Å². The SMILES string of the molecule is COc1c(Br)cc(Br)cc1C(=O)Nc1ccccc1-c1nc2ccccc2s1. The second-order valence-corrected chi connectivity index (χ2v) is 8.76. The number of amides is 1. The summed E-state index contributed by atoms with van der Waals surface area (Å²) in [5, 5.41) is 3.87. The van der Waals surface area contributed by atoms with E-state index < -0.39 is 0 Å². The lowest BCUT2D eigenvalue weighted by atomic mass is 10.1. The number of carbonyl (C=O) groups is 1. The Morgan fingerprint density at radius 1 is 1.07 bits per heavy atom. The van der Waals surface area contributed by atoms with Gasteiger partial charge in [0.05, 0.1) is 33.0 Å². The lowest BCUT2D eigenvalue weighted by molar-refractivity contribution is 0.102.